The van der Waals surface area contributed by atoms with Crippen molar-refractivity contribution in [2.24, 2.45) is 0 Å². The van der Waals surface area contributed by atoms with Gasteiger partial charge in [-0.25, -0.2) is 13.2 Å². The molecule has 0 aliphatic rings. The molecule has 2 aromatic carbocycles. The molecule has 0 aliphatic heterocycles. The number of halogens is 4. The summed E-state index contributed by atoms with van der Waals surface area (Å²) >= 11 is 3.39. The quantitative estimate of drug-likeness (QED) is 0.690. The molecule has 4 nitrogen and oxygen atoms in total. The number of nitrogens with one attached hydrogen (secondary N) is 2. The van der Waals surface area contributed by atoms with Crippen LogP contribution in [0.4, 0.5) is 18.9 Å². The molecule has 0 aromatic heterocycles. The Labute approximate surface area is 158 Å². The van der Waals surface area contributed by atoms with Gasteiger partial charge in [0.25, 0.3) is 5.91 Å². The lowest BCUT2D eigenvalue weighted by Crippen LogP contribution is -3.12. The number of rotatable bonds is 6. The minimum atomic E-state index is -1.62. The Balaban J connectivity index is 2.11. The van der Waals surface area contributed by atoms with Crippen molar-refractivity contribution in [2.75, 3.05) is 19.5 Å². The summed E-state index contributed by atoms with van der Waals surface area (Å²) < 4.78 is 46.2. The van der Waals surface area contributed by atoms with Gasteiger partial charge in [0.2, 0.25) is 0 Å². The van der Waals surface area contributed by atoms with Crippen LogP contribution >= 0.6 is 15.9 Å². The SMILES string of the molecule is COc1ccc(Br)cc1C[NH+](C)[C@@H](C)C(=O)Nc1ccc(F)c(F)c1F. The molecule has 2 aromatic rings. The molecule has 0 saturated heterocycles. The summed E-state index contributed by atoms with van der Waals surface area (Å²) in [4.78, 5) is 13.2. The summed E-state index contributed by atoms with van der Waals surface area (Å²) in [7, 11) is 3.36. The monoisotopic (exact) mass is 431 g/mol. The number of hydrogen-bond acceptors (Lipinski definition) is 2. The molecular weight excluding hydrogens is 413 g/mol. The average Bonchev–Trinajstić information content (AvgIpc) is 2.61. The van der Waals surface area contributed by atoms with Crippen LogP contribution in [0.25, 0.3) is 0 Å². The molecule has 26 heavy (non-hydrogen) atoms. The second kappa shape index (κ2) is 8.55. The van der Waals surface area contributed by atoms with E-state index in [0.717, 1.165) is 27.1 Å². The molecule has 2 atom stereocenters. The topological polar surface area (TPSA) is 42.8 Å². The summed E-state index contributed by atoms with van der Waals surface area (Å²) in [6.45, 7) is 2.13. The lowest BCUT2D eigenvalue weighted by molar-refractivity contribution is -0.907. The molecule has 8 heteroatoms. The van der Waals surface area contributed by atoms with E-state index in [1.807, 2.05) is 18.2 Å². The fourth-order valence-electron chi connectivity index (χ4n) is 2.43. The summed E-state index contributed by atoms with van der Waals surface area (Å²) in [6.07, 6.45) is 0. The zero-order valence-electron chi connectivity index (χ0n) is 14.5. The van der Waals surface area contributed by atoms with Crippen molar-refractivity contribution in [1.82, 2.24) is 0 Å². The van der Waals surface area contributed by atoms with E-state index >= 15 is 0 Å². The van der Waals surface area contributed by atoms with Crippen LogP contribution < -0.4 is 15.0 Å². The number of anilines is 1. The molecule has 0 aliphatic carbocycles. The Hall–Kier alpha value is -2.06. The van der Waals surface area contributed by atoms with Gasteiger partial charge in [0, 0.05) is 10.0 Å². The predicted molar refractivity (Wildman–Crippen MR) is 95.7 cm³/mol. The Morgan fingerprint density at radius 3 is 2.58 bits per heavy atom. The second-order valence-electron chi connectivity index (χ2n) is 5.91. The van der Waals surface area contributed by atoms with Gasteiger partial charge in [0.1, 0.15) is 12.3 Å². The van der Waals surface area contributed by atoms with Gasteiger partial charge in [-0.15, -0.1) is 0 Å². The number of hydrogen-bond donors (Lipinski definition) is 2. The largest absolute Gasteiger partial charge is 0.496 e. The van der Waals surface area contributed by atoms with Crippen molar-refractivity contribution in [2.45, 2.75) is 19.5 Å². The second-order valence-corrected chi connectivity index (χ2v) is 6.83. The molecule has 0 spiro atoms. The van der Waals surface area contributed by atoms with E-state index in [1.54, 1.807) is 21.1 Å². The molecule has 0 saturated carbocycles. The Morgan fingerprint density at radius 2 is 1.92 bits per heavy atom. The Kier molecular flexibility index (Phi) is 6.66. The van der Waals surface area contributed by atoms with Crippen LogP contribution in [0.15, 0.2) is 34.8 Å². The van der Waals surface area contributed by atoms with E-state index in [-0.39, 0.29) is 0 Å². The van der Waals surface area contributed by atoms with Gasteiger partial charge in [0.05, 0.1) is 19.8 Å². The van der Waals surface area contributed by atoms with Crippen LogP contribution in [0.2, 0.25) is 0 Å². The van der Waals surface area contributed by atoms with Gasteiger partial charge >= 0.3 is 0 Å². The van der Waals surface area contributed by atoms with E-state index in [1.165, 1.54) is 0 Å². The van der Waals surface area contributed by atoms with Crippen molar-refractivity contribution in [3.63, 3.8) is 0 Å². The first-order valence-electron chi connectivity index (χ1n) is 7.83. The highest BCUT2D eigenvalue weighted by atomic mass is 79.9. The average molecular weight is 432 g/mol. The maximum Gasteiger partial charge on any atom is 0.282 e. The highest BCUT2D eigenvalue weighted by Gasteiger charge is 2.25. The van der Waals surface area contributed by atoms with Crippen molar-refractivity contribution in [3.8, 4) is 5.75 Å². The molecule has 2 N–H and O–H groups in total. The third-order valence-corrected chi connectivity index (χ3v) is 4.63. The van der Waals surface area contributed by atoms with Gasteiger partial charge in [-0.2, -0.15) is 0 Å². The highest BCUT2D eigenvalue weighted by Crippen LogP contribution is 2.22. The standard InChI is InChI=1S/C18H18BrF3N2O2/c1-10(18(25)23-14-6-5-13(20)16(21)17(14)22)24(2)9-11-8-12(19)4-7-15(11)26-3/h4-8,10H,9H2,1-3H3,(H,23,25)/p+1/t10-/m0/s1. The summed E-state index contributed by atoms with van der Waals surface area (Å²) in [5.74, 6) is -4.17. The molecule has 2 rings (SSSR count). The summed E-state index contributed by atoms with van der Waals surface area (Å²) in [5.41, 5.74) is 0.492. The fourth-order valence-corrected chi connectivity index (χ4v) is 2.83. The number of benzene rings is 2. The zero-order chi connectivity index (χ0) is 19.4. The Morgan fingerprint density at radius 1 is 1.23 bits per heavy atom. The van der Waals surface area contributed by atoms with Gasteiger partial charge in [-0.3, -0.25) is 4.79 Å². The summed E-state index contributed by atoms with van der Waals surface area (Å²) in [5, 5.41) is 2.30. The fraction of sp³-hybridized carbons (Fsp3) is 0.278. The number of likely N-dealkylation sites (N-methyl/N-ethyl adjacent to an activating group) is 1. The minimum Gasteiger partial charge on any atom is -0.496 e. The molecule has 0 fully saturated rings. The Bertz CT molecular complexity index is 817. The van der Waals surface area contributed by atoms with E-state index in [0.29, 0.717) is 12.3 Å². The van der Waals surface area contributed by atoms with Crippen LogP contribution in [0.1, 0.15) is 12.5 Å². The number of amides is 1. The molecule has 0 heterocycles. The third kappa shape index (κ3) is 4.56. The first-order valence-corrected chi connectivity index (χ1v) is 8.63. The van der Waals surface area contributed by atoms with Crippen LogP contribution in [-0.2, 0) is 11.3 Å². The van der Waals surface area contributed by atoms with Crippen LogP contribution in [0.3, 0.4) is 0 Å². The number of methoxy groups -OCH3 is 1. The van der Waals surface area contributed by atoms with Gasteiger partial charge in [-0.05, 0) is 37.3 Å². The van der Waals surface area contributed by atoms with Gasteiger partial charge in [-0.1, -0.05) is 15.9 Å². The lowest BCUT2D eigenvalue weighted by Gasteiger charge is -2.22. The van der Waals surface area contributed by atoms with Crippen LogP contribution in [-0.4, -0.2) is 26.1 Å². The third-order valence-electron chi connectivity index (χ3n) is 4.14. The first-order chi connectivity index (χ1) is 12.2. The maximum absolute atomic E-state index is 13.7. The summed E-state index contributed by atoms with van der Waals surface area (Å²) in [6, 6.07) is 6.73. The molecule has 1 amide bonds. The number of quaternary nitrogens is 1. The van der Waals surface area contributed by atoms with Crippen LogP contribution in [0, 0.1) is 17.5 Å². The first kappa shape index (κ1) is 20.3. The lowest BCUT2D eigenvalue weighted by atomic mass is 10.1. The van der Waals surface area contributed by atoms with E-state index in [4.69, 9.17) is 4.74 Å². The molecule has 0 bridgehead atoms. The minimum absolute atomic E-state index is 0.395. The van der Waals surface area contributed by atoms with E-state index in [9.17, 15) is 18.0 Å². The van der Waals surface area contributed by atoms with Crippen molar-refractivity contribution in [1.29, 1.82) is 0 Å². The van der Waals surface area contributed by atoms with Gasteiger partial charge < -0.3 is 15.0 Å². The molecule has 140 valence electrons. The zero-order valence-corrected chi connectivity index (χ0v) is 16.1. The normalized spacial score (nSPS) is 13.2. The molecular formula is C18H19BrF3N2O2+. The number of carbonyl (C=O) groups excluding carboxylic acids is 1. The smallest absolute Gasteiger partial charge is 0.282 e. The highest BCUT2D eigenvalue weighted by molar-refractivity contribution is 9.10. The van der Waals surface area contributed by atoms with Crippen molar-refractivity contribution in [3.05, 3.63) is 57.8 Å². The van der Waals surface area contributed by atoms with E-state index < -0.39 is 35.1 Å². The molecule has 0 radical (unpaired) electrons. The van der Waals surface area contributed by atoms with Gasteiger partial charge in [0.15, 0.2) is 23.5 Å². The predicted octanol–water partition coefficient (Wildman–Crippen LogP) is 2.92. The van der Waals surface area contributed by atoms with Crippen molar-refractivity contribution >= 4 is 27.5 Å². The molecule has 1 unspecified atom stereocenters. The van der Waals surface area contributed by atoms with Crippen molar-refractivity contribution < 1.29 is 27.6 Å². The number of carbonyl (C=O) groups is 1. The van der Waals surface area contributed by atoms with Crippen LogP contribution in [0.5, 0.6) is 5.75 Å². The van der Waals surface area contributed by atoms with E-state index in [2.05, 4.69) is 21.2 Å². The number of ether oxygens (including phenoxy) is 1. The maximum atomic E-state index is 13.7.